The smallest absolute Gasteiger partial charge is 0.237 e. The second-order valence-electron chi connectivity index (χ2n) is 1.14. The van der Waals surface area contributed by atoms with Crippen LogP contribution >= 0.6 is 0 Å². The average Bonchev–Trinajstić information content (AvgIpc) is 1.66. The Morgan fingerprint density at radius 3 is 2.88 bits per heavy atom. The highest BCUT2D eigenvalue weighted by atomic mass is 16.5. The van der Waals surface area contributed by atoms with E-state index in [-0.39, 0.29) is 5.91 Å². The molecule has 0 radical (unpaired) electrons. The highest BCUT2D eigenvalue weighted by molar-refractivity contribution is 5.73. The lowest BCUT2D eigenvalue weighted by atomic mass is 10.8. The molecule has 0 aromatic rings. The van der Waals surface area contributed by atoms with Crippen molar-refractivity contribution < 1.29 is 9.53 Å². The Labute approximate surface area is 47.5 Å². The van der Waals surface area contributed by atoms with E-state index >= 15 is 0 Å². The Hall–Kier alpha value is -1.06. The van der Waals surface area contributed by atoms with E-state index in [2.05, 4.69) is 15.3 Å². The van der Waals surface area contributed by atoms with Gasteiger partial charge in [0.05, 0.1) is 7.11 Å². The van der Waals surface area contributed by atoms with Crippen molar-refractivity contribution in [1.29, 1.82) is 0 Å². The summed E-state index contributed by atoms with van der Waals surface area (Å²) in [6.07, 6.45) is 1.14. The van der Waals surface area contributed by atoms with Crippen molar-refractivity contribution in [2.24, 2.45) is 5.10 Å². The molecule has 8 heavy (non-hydrogen) atoms. The summed E-state index contributed by atoms with van der Waals surface area (Å²) in [6, 6.07) is 0. The summed E-state index contributed by atoms with van der Waals surface area (Å²) < 4.78 is 4.39. The van der Waals surface area contributed by atoms with Gasteiger partial charge in [-0.05, 0) is 0 Å². The highest BCUT2D eigenvalue weighted by Crippen LogP contribution is 1.59. The number of rotatable bonds is 2. The van der Waals surface area contributed by atoms with Crippen molar-refractivity contribution in [1.82, 2.24) is 5.43 Å². The van der Waals surface area contributed by atoms with Gasteiger partial charge in [-0.2, -0.15) is 0 Å². The SMILES string of the molecule is CO/C=N\NC(C)=O. The summed E-state index contributed by atoms with van der Waals surface area (Å²) in [6.45, 7) is 1.37. The minimum atomic E-state index is -0.210. The number of hydrogen-bond acceptors (Lipinski definition) is 3. The first kappa shape index (κ1) is 6.94. The summed E-state index contributed by atoms with van der Waals surface area (Å²) in [5.74, 6) is -0.210. The first-order chi connectivity index (χ1) is 3.77. The number of carbonyl (C=O) groups excluding carboxylic acids is 1. The van der Waals surface area contributed by atoms with Gasteiger partial charge in [0.15, 0.2) is 6.40 Å². The third-order valence-electron chi connectivity index (χ3n) is 0.380. The lowest BCUT2D eigenvalue weighted by molar-refractivity contribution is -0.118. The third kappa shape index (κ3) is 4.94. The third-order valence-corrected chi connectivity index (χ3v) is 0.380. The molecule has 0 aromatic carbocycles. The van der Waals surface area contributed by atoms with Crippen LogP contribution in [0.15, 0.2) is 5.10 Å². The van der Waals surface area contributed by atoms with E-state index in [0.717, 1.165) is 6.40 Å². The molecule has 0 aliphatic heterocycles. The summed E-state index contributed by atoms with van der Waals surface area (Å²) in [5, 5.41) is 3.34. The van der Waals surface area contributed by atoms with Crippen LogP contribution in [0.3, 0.4) is 0 Å². The van der Waals surface area contributed by atoms with Crippen LogP contribution in [0.4, 0.5) is 0 Å². The van der Waals surface area contributed by atoms with Gasteiger partial charge in [0.2, 0.25) is 5.91 Å². The quantitative estimate of drug-likeness (QED) is 0.306. The van der Waals surface area contributed by atoms with Gasteiger partial charge < -0.3 is 4.74 Å². The fourth-order valence-corrected chi connectivity index (χ4v) is 0.170. The Morgan fingerprint density at radius 2 is 2.50 bits per heavy atom. The van der Waals surface area contributed by atoms with Gasteiger partial charge in [-0.25, -0.2) is 5.43 Å². The molecular formula is C4H8N2O2. The van der Waals surface area contributed by atoms with Gasteiger partial charge in [-0.3, -0.25) is 4.79 Å². The van der Waals surface area contributed by atoms with E-state index in [9.17, 15) is 4.79 Å². The topological polar surface area (TPSA) is 50.7 Å². The molecule has 4 nitrogen and oxygen atoms in total. The average molecular weight is 116 g/mol. The first-order valence-electron chi connectivity index (χ1n) is 2.08. The Bertz CT molecular complexity index is 100. The van der Waals surface area contributed by atoms with Crippen LogP contribution in [0.25, 0.3) is 0 Å². The molecule has 1 N–H and O–H groups in total. The molecule has 0 rings (SSSR count). The van der Waals surface area contributed by atoms with Crippen molar-refractivity contribution in [2.75, 3.05) is 7.11 Å². The molecule has 0 unspecified atom stereocenters. The molecule has 0 heterocycles. The van der Waals surface area contributed by atoms with Gasteiger partial charge in [-0.1, -0.05) is 0 Å². The number of carbonyl (C=O) groups is 1. The molecular weight excluding hydrogens is 108 g/mol. The zero-order chi connectivity index (χ0) is 6.41. The maximum Gasteiger partial charge on any atom is 0.237 e. The Kier molecular flexibility index (Phi) is 3.56. The number of methoxy groups -OCH3 is 1. The minimum absolute atomic E-state index is 0.210. The number of hydrazone groups is 1. The van der Waals surface area contributed by atoms with Crippen LogP contribution < -0.4 is 5.43 Å². The van der Waals surface area contributed by atoms with E-state index < -0.39 is 0 Å². The molecule has 0 aromatic heterocycles. The predicted molar refractivity (Wildman–Crippen MR) is 29.3 cm³/mol. The minimum Gasteiger partial charge on any atom is -0.485 e. The molecule has 0 bridgehead atoms. The van der Waals surface area contributed by atoms with Crippen molar-refractivity contribution in [3.8, 4) is 0 Å². The zero-order valence-electron chi connectivity index (χ0n) is 4.84. The molecule has 0 aliphatic rings. The fraction of sp³-hybridized carbons (Fsp3) is 0.500. The summed E-state index contributed by atoms with van der Waals surface area (Å²) in [5.41, 5.74) is 2.15. The molecule has 4 heteroatoms. The fourth-order valence-electron chi connectivity index (χ4n) is 0.170. The number of nitrogens with one attached hydrogen (secondary N) is 1. The van der Waals surface area contributed by atoms with E-state index in [4.69, 9.17) is 0 Å². The van der Waals surface area contributed by atoms with Crippen molar-refractivity contribution in [3.05, 3.63) is 0 Å². The van der Waals surface area contributed by atoms with Gasteiger partial charge in [0.1, 0.15) is 0 Å². The van der Waals surface area contributed by atoms with Crippen LogP contribution in [0.2, 0.25) is 0 Å². The molecule has 46 valence electrons. The van der Waals surface area contributed by atoms with Crippen LogP contribution in [0.5, 0.6) is 0 Å². The van der Waals surface area contributed by atoms with Crippen LogP contribution in [0, 0.1) is 0 Å². The van der Waals surface area contributed by atoms with Gasteiger partial charge in [-0.15, -0.1) is 5.10 Å². The molecule has 0 atom stereocenters. The maximum absolute atomic E-state index is 10.0. The number of nitrogens with zero attached hydrogens (tertiary/aromatic N) is 1. The van der Waals surface area contributed by atoms with E-state index in [1.54, 1.807) is 0 Å². The van der Waals surface area contributed by atoms with Gasteiger partial charge in [0, 0.05) is 6.92 Å². The van der Waals surface area contributed by atoms with Crippen molar-refractivity contribution in [2.45, 2.75) is 6.92 Å². The predicted octanol–water partition coefficient (Wildman–Crippen LogP) is -0.288. The van der Waals surface area contributed by atoms with Gasteiger partial charge in [0.25, 0.3) is 0 Å². The number of ether oxygens (including phenoxy) is 1. The monoisotopic (exact) mass is 116 g/mol. The second kappa shape index (κ2) is 4.11. The molecule has 0 fully saturated rings. The highest BCUT2D eigenvalue weighted by Gasteiger charge is 1.79. The van der Waals surface area contributed by atoms with Crippen molar-refractivity contribution in [3.63, 3.8) is 0 Å². The van der Waals surface area contributed by atoms with Crippen LogP contribution in [-0.4, -0.2) is 19.4 Å². The van der Waals surface area contributed by atoms with Crippen LogP contribution in [0.1, 0.15) is 6.92 Å². The van der Waals surface area contributed by atoms with E-state index in [1.165, 1.54) is 14.0 Å². The standard InChI is InChI=1S/C4H8N2O2/c1-4(7)6-5-3-8-2/h3H,1-2H3,(H,6,7)/b5-3-. The molecule has 0 saturated carbocycles. The molecule has 0 spiro atoms. The Balaban J connectivity index is 3.16. The van der Waals surface area contributed by atoms with E-state index in [0.29, 0.717) is 0 Å². The lowest BCUT2D eigenvalue weighted by Crippen LogP contribution is -2.12. The zero-order valence-corrected chi connectivity index (χ0v) is 4.84. The first-order valence-corrected chi connectivity index (χ1v) is 2.08. The lowest BCUT2D eigenvalue weighted by Gasteiger charge is -1.87. The largest absolute Gasteiger partial charge is 0.485 e. The van der Waals surface area contributed by atoms with E-state index in [1.807, 2.05) is 0 Å². The molecule has 0 aliphatic carbocycles. The number of hydrogen-bond donors (Lipinski definition) is 1. The Morgan fingerprint density at radius 1 is 1.88 bits per heavy atom. The van der Waals surface area contributed by atoms with Crippen LogP contribution in [-0.2, 0) is 9.53 Å². The summed E-state index contributed by atoms with van der Waals surface area (Å²) in [7, 11) is 1.45. The van der Waals surface area contributed by atoms with Crippen molar-refractivity contribution >= 4 is 12.3 Å². The van der Waals surface area contributed by atoms with Gasteiger partial charge >= 0.3 is 0 Å². The number of amides is 1. The molecule has 0 saturated heterocycles. The maximum atomic E-state index is 10.0. The normalized spacial score (nSPS) is 9.25. The summed E-state index contributed by atoms with van der Waals surface area (Å²) in [4.78, 5) is 10.0. The summed E-state index contributed by atoms with van der Waals surface area (Å²) >= 11 is 0. The second-order valence-corrected chi connectivity index (χ2v) is 1.14. The molecule has 1 amide bonds.